The van der Waals surface area contributed by atoms with Crippen LogP contribution >= 0.6 is 0 Å². The Labute approximate surface area is 76.6 Å². The second-order valence-electron chi connectivity index (χ2n) is 4.00. The second-order valence-corrected chi connectivity index (χ2v) is 4.00. The van der Waals surface area contributed by atoms with Crippen LogP contribution in [0, 0.1) is 11.8 Å². The molecule has 0 bridgehead atoms. The highest BCUT2D eigenvalue weighted by molar-refractivity contribution is 4.71. The fourth-order valence-electron chi connectivity index (χ4n) is 1.76. The Morgan fingerprint density at radius 2 is 1.50 bits per heavy atom. The Hall–Kier alpha value is -0.0700. The summed E-state index contributed by atoms with van der Waals surface area (Å²) in [6, 6.07) is 0. The van der Waals surface area contributed by atoms with Gasteiger partial charge in [-0.1, -0.05) is 40.5 Å². The van der Waals surface area contributed by atoms with Crippen LogP contribution in [0.4, 0.5) is 4.39 Å². The zero-order valence-electron chi connectivity index (χ0n) is 8.94. The largest absolute Gasteiger partial charge is 0.247 e. The normalized spacial score (nSPS) is 16.5. The van der Waals surface area contributed by atoms with E-state index < -0.39 is 6.17 Å². The lowest BCUT2D eigenvalue weighted by atomic mass is 9.85. The first-order valence-corrected chi connectivity index (χ1v) is 5.27. The Kier molecular flexibility index (Phi) is 6.41. The molecule has 0 aliphatic rings. The lowest BCUT2D eigenvalue weighted by Crippen LogP contribution is -2.21. The molecular formula is C11H23F. The molecule has 2 unspecified atom stereocenters. The van der Waals surface area contributed by atoms with Crippen LogP contribution < -0.4 is 0 Å². The number of alkyl halides is 1. The number of halogens is 1. The summed E-state index contributed by atoms with van der Waals surface area (Å²) in [6.07, 6.45) is 3.28. The van der Waals surface area contributed by atoms with Gasteiger partial charge in [0.2, 0.25) is 0 Å². The molecule has 0 saturated carbocycles. The lowest BCUT2D eigenvalue weighted by molar-refractivity contribution is 0.158. The molecule has 1 heteroatoms. The molecule has 0 spiro atoms. The standard InChI is InChI=1S/C11H23F/c1-5-7-10(9(3)4)11(12)8-6-2/h9-11H,5-8H2,1-4H3. The van der Waals surface area contributed by atoms with Gasteiger partial charge >= 0.3 is 0 Å². The van der Waals surface area contributed by atoms with Crippen molar-refractivity contribution in [1.29, 1.82) is 0 Å². The summed E-state index contributed by atoms with van der Waals surface area (Å²) in [4.78, 5) is 0. The van der Waals surface area contributed by atoms with Gasteiger partial charge in [0.15, 0.2) is 0 Å². The summed E-state index contributed by atoms with van der Waals surface area (Å²) in [5, 5.41) is 0. The van der Waals surface area contributed by atoms with E-state index in [1.54, 1.807) is 0 Å². The lowest BCUT2D eigenvalue weighted by Gasteiger charge is -2.23. The predicted molar refractivity (Wildman–Crippen MR) is 53.0 cm³/mol. The van der Waals surface area contributed by atoms with E-state index in [0.717, 1.165) is 25.7 Å². The summed E-state index contributed by atoms with van der Waals surface area (Å²) < 4.78 is 13.5. The molecule has 0 rings (SSSR count). The van der Waals surface area contributed by atoms with Crippen molar-refractivity contribution in [2.75, 3.05) is 0 Å². The van der Waals surface area contributed by atoms with Crippen LogP contribution in [0.25, 0.3) is 0 Å². The number of hydrogen-bond acceptors (Lipinski definition) is 0. The van der Waals surface area contributed by atoms with E-state index >= 15 is 0 Å². The van der Waals surface area contributed by atoms with Crippen molar-refractivity contribution in [2.24, 2.45) is 11.8 Å². The van der Waals surface area contributed by atoms with Gasteiger partial charge in [0.1, 0.15) is 6.17 Å². The third-order valence-corrected chi connectivity index (χ3v) is 2.51. The molecule has 0 heterocycles. The summed E-state index contributed by atoms with van der Waals surface area (Å²) in [6.45, 7) is 8.44. The molecule has 0 amide bonds. The second kappa shape index (κ2) is 6.45. The maximum atomic E-state index is 13.5. The van der Waals surface area contributed by atoms with Crippen LogP contribution in [-0.4, -0.2) is 6.17 Å². The first kappa shape index (κ1) is 11.9. The van der Waals surface area contributed by atoms with Crippen molar-refractivity contribution >= 4 is 0 Å². The van der Waals surface area contributed by atoms with Crippen LogP contribution in [0.1, 0.15) is 53.4 Å². The molecule has 0 aromatic heterocycles. The highest BCUT2D eigenvalue weighted by Crippen LogP contribution is 2.26. The quantitative estimate of drug-likeness (QED) is 0.566. The molecule has 0 aliphatic heterocycles. The highest BCUT2D eigenvalue weighted by atomic mass is 19.1. The van der Waals surface area contributed by atoms with E-state index in [2.05, 4.69) is 27.7 Å². The highest BCUT2D eigenvalue weighted by Gasteiger charge is 2.22. The summed E-state index contributed by atoms with van der Waals surface area (Å²) in [5.41, 5.74) is 0. The zero-order chi connectivity index (χ0) is 9.56. The van der Waals surface area contributed by atoms with Gasteiger partial charge < -0.3 is 0 Å². The Bertz CT molecular complexity index is 99.2. The van der Waals surface area contributed by atoms with Gasteiger partial charge in [-0.25, -0.2) is 4.39 Å². The van der Waals surface area contributed by atoms with Crippen molar-refractivity contribution in [1.82, 2.24) is 0 Å². The monoisotopic (exact) mass is 174 g/mol. The molecule has 0 nitrogen and oxygen atoms in total. The Balaban J connectivity index is 3.90. The van der Waals surface area contributed by atoms with Crippen molar-refractivity contribution in [3.63, 3.8) is 0 Å². The maximum absolute atomic E-state index is 13.5. The SMILES string of the molecule is CCCC(F)C(CCC)C(C)C. The average Bonchev–Trinajstić information content (AvgIpc) is 1.99. The van der Waals surface area contributed by atoms with Crippen molar-refractivity contribution < 1.29 is 4.39 Å². The van der Waals surface area contributed by atoms with Crippen molar-refractivity contribution in [3.8, 4) is 0 Å². The first-order chi connectivity index (χ1) is 5.63. The van der Waals surface area contributed by atoms with E-state index in [1.165, 1.54) is 0 Å². The minimum absolute atomic E-state index is 0.287. The van der Waals surface area contributed by atoms with Gasteiger partial charge in [0.05, 0.1) is 0 Å². The van der Waals surface area contributed by atoms with Crippen LogP contribution in [0.5, 0.6) is 0 Å². The topological polar surface area (TPSA) is 0 Å². The number of rotatable bonds is 6. The van der Waals surface area contributed by atoms with Crippen LogP contribution in [-0.2, 0) is 0 Å². The Morgan fingerprint density at radius 1 is 1.00 bits per heavy atom. The molecule has 74 valence electrons. The fourth-order valence-corrected chi connectivity index (χ4v) is 1.76. The molecule has 0 saturated heterocycles. The molecule has 0 radical (unpaired) electrons. The average molecular weight is 174 g/mol. The van der Waals surface area contributed by atoms with Crippen LogP contribution in [0.2, 0.25) is 0 Å². The fraction of sp³-hybridized carbons (Fsp3) is 1.00. The zero-order valence-corrected chi connectivity index (χ0v) is 8.94. The predicted octanol–water partition coefficient (Wildman–Crippen LogP) is 4.20. The van der Waals surface area contributed by atoms with Crippen molar-refractivity contribution in [2.45, 2.75) is 59.5 Å². The van der Waals surface area contributed by atoms with Crippen LogP contribution in [0.3, 0.4) is 0 Å². The summed E-state index contributed by atoms with van der Waals surface area (Å²) in [7, 11) is 0. The smallest absolute Gasteiger partial charge is 0.103 e. The van der Waals surface area contributed by atoms with Gasteiger partial charge in [-0.15, -0.1) is 0 Å². The van der Waals surface area contributed by atoms with E-state index in [4.69, 9.17) is 0 Å². The van der Waals surface area contributed by atoms with Gasteiger partial charge in [-0.05, 0) is 24.7 Å². The molecule has 0 aromatic rings. The van der Waals surface area contributed by atoms with Crippen LogP contribution in [0.15, 0.2) is 0 Å². The molecule has 0 fully saturated rings. The minimum Gasteiger partial charge on any atom is -0.247 e. The van der Waals surface area contributed by atoms with Gasteiger partial charge in [0, 0.05) is 0 Å². The molecule has 12 heavy (non-hydrogen) atoms. The van der Waals surface area contributed by atoms with Gasteiger partial charge in [-0.3, -0.25) is 0 Å². The third kappa shape index (κ3) is 4.08. The summed E-state index contributed by atoms with van der Waals surface area (Å²) in [5.74, 6) is 0.779. The minimum atomic E-state index is -0.574. The maximum Gasteiger partial charge on any atom is 0.103 e. The molecule has 0 aliphatic carbocycles. The van der Waals surface area contributed by atoms with E-state index in [9.17, 15) is 4.39 Å². The first-order valence-electron chi connectivity index (χ1n) is 5.27. The molecule has 2 atom stereocenters. The Morgan fingerprint density at radius 3 is 1.83 bits per heavy atom. The van der Waals surface area contributed by atoms with Gasteiger partial charge in [0.25, 0.3) is 0 Å². The van der Waals surface area contributed by atoms with E-state index in [0.29, 0.717) is 5.92 Å². The molecule has 0 aromatic carbocycles. The van der Waals surface area contributed by atoms with E-state index in [-0.39, 0.29) is 5.92 Å². The summed E-state index contributed by atoms with van der Waals surface area (Å²) >= 11 is 0. The molecule has 0 N–H and O–H groups in total. The molecular weight excluding hydrogens is 151 g/mol. The third-order valence-electron chi connectivity index (χ3n) is 2.51. The van der Waals surface area contributed by atoms with Crippen molar-refractivity contribution in [3.05, 3.63) is 0 Å². The van der Waals surface area contributed by atoms with Gasteiger partial charge in [-0.2, -0.15) is 0 Å². The number of hydrogen-bond donors (Lipinski definition) is 0. The van der Waals surface area contributed by atoms with E-state index in [1.807, 2.05) is 0 Å².